The second kappa shape index (κ2) is 9.30. The minimum Gasteiger partial charge on any atom is -0.323 e. The van der Waals surface area contributed by atoms with Crippen molar-refractivity contribution in [3.63, 3.8) is 0 Å². The number of aryl methyl sites for hydroxylation is 2. The van der Waals surface area contributed by atoms with E-state index in [0.29, 0.717) is 6.42 Å². The highest BCUT2D eigenvalue weighted by molar-refractivity contribution is 7.99. The van der Waals surface area contributed by atoms with Crippen LogP contribution in [0.1, 0.15) is 29.8 Å². The average Bonchev–Trinajstić information content (AvgIpc) is 2.95. The number of anilines is 1. The average molecular weight is 414 g/mol. The van der Waals surface area contributed by atoms with Crippen LogP contribution in [0.25, 0.3) is 5.69 Å². The van der Waals surface area contributed by atoms with Gasteiger partial charge in [0.1, 0.15) is 0 Å². The van der Waals surface area contributed by atoms with E-state index in [0.717, 1.165) is 44.9 Å². The van der Waals surface area contributed by atoms with Crippen molar-refractivity contribution in [2.24, 2.45) is 0 Å². The van der Waals surface area contributed by atoms with E-state index in [1.54, 1.807) is 11.8 Å². The van der Waals surface area contributed by atoms with Crippen LogP contribution in [-0.2, 0) is 4.79 Å². The number of carbonyl (C=O) groups excluding carboxylic acids is 1. The van der Waals surface area contributed by atoms with Crippen LogP contribution in [0, 0.1) is 20.8 Å². The fourth-order valence-electron chi connectivity index (χ4n) is 2.92. The highest BCUT2D eigenvalue weighted by Crippen LogP contribution is 2.24. The number of benzene rings is 2. The Morgan fingerprint density at radius 3 is 2.43 bits per heavy atom. The van der Waals surface area contributed by atoms with Crippen LogP contribution in [0.3, 0.4) is 0 Å². The van der Waals surface area contributed by atoms with Crippen LogP contribution in [0.15, 0.2) is 53.4 Å². The van der Waals surface area contributed by atoms with Crippen molar-refractivity contribution in [1.82, 2.24) is 9.78 Å². The van der Waals surface area contributed by atoms with Crippen LogP contribution >= 0.6 is 23.4 Å². The highest BCUT2D eigenvalue weighted by Gasteiger charge is 2.15. The summed E-state index contributed by atoms with van der Waals surface area (Å²) in [5.41, 5.74) is 4.75. The molecule has 0 aliphatic rings. The van der Waals surface area contributed by atoms with E-state index >= 15 is 0 Å². The van der Waals surface area contributed by atoms with Gasteiger partial charge in [0.15, 0.2) is 0 Å². The Kier molecular flexibility index (Phi) is 6.81. The summed E-state index contributed by atoms with van der Waals surface area (Å²) in [6, 6.07) is 16.0. The monoisotopic (exact) mass is 413 g/mol. The SMILES string of the molecule is Cc1ccc(-n2nc(C)c(NC(=O)CCCSc3ccc(Cl)cc3)c2C)cc1. The van der Waals surface area contributed by atoms with Gasteiger partial charge in [-0.25, -0.2) is 4.68 Å². The highest BCUT2D eigenvalue weighted by atomic mass is 35.5. The normalized spacial score (nSPS) is 10.9. The van der Waals surface area contributed by atoms with Crippen molar-refractivity contribution < 1.29 is 4.79 Å². The van der Waals surface area contributed by atoms with Gasteiger partial charge in [0.2, 0.25) is 5.91 Å². The first-order valence-electron chi connectivity index (χ1n) is 9.25. The van der Waals surface area contributed by atoms with Gasteiger partial charge in [0.25, 0.3) is 0 Å². The van der Waals surface area contributed by atoms with Crippen molar-refractivity contribution in [2.75, 3.05) is 11.1 Å². The van der Waals surface area contributed by atoms with Crippen molar-refractivity contribution in [1.29, 1.82) is 0 Å². The van der Waals surface area contributed by atoms with Gasteiger partial charge in [-0.15, -0.1) is 11.8 Å². The molecular formula is C22H24ClN3OS. The summed E-state index contributed by atoms with van der Waals surface area (Å²) in [7, 11) is 0. The van der Waals surface area contributed by atoms with Crippen LogP contribution in [-0.4, -0.2) is 21.4 Å². The van der Waals surface area contributed by atoms with Crippen molar-refractivity contribution in [3.8, 4) is 5.69 Å². The summed E-state index contributed by atoms with van der Waals surface area (Å²) in [6.45, 7) is 5.96. The zero-order valence-electron chi connectivity index (χ0n) is 16.3. The van der Waals surface area contributed by atoms with Gasteiger partial charge in [-0.3, -0.25) is 4.79 Å². The fourth-order valence-corrected chi connectivity index (χ4v) is 3.90. The van der Waals surface area contributed by atoms with Crippen LogP contribution < -0.4 is 5.32 Å². The number of nitrogens with one attached hydrogen (secondary N) is 1. The number of amides is 1. The van der Waals surface area contributed by atoms with Gasteiger partial charge in [-0.2, -0.15) is 5.10 Å². The first-order valence-corrected chi connectivity index (χ1v) is 10.6. The molecule has 2 aromatic carbocycles. The Labute approximate surface area is 175 Å². The quantitative estimate of drug-likeness (QED) is 0.384. The molecule has 0 bridgehead atoms. The van der Waals surface area contributed by atoms with Gasteiger partial charge in [-0.1, -0.05) is 29.3 Å². The summed E-state index contributed by atoms with van der Waals surface area (Å²) in [6.07, 6.45) is 1.29. The molecule has 0 unspecified atom stereocenters. The third kappa shape index (κ3) is 5.18. The predicted molar refractivity (Wildman–Crippen MR) is 118 cm³/mol. The van der Waals surface area contributed by atoms with E-state index in [1.807, 2.05) is 54.9 Å². The summed E-state index contributed by atoms with van der Waals surface area (Å²) >= 11 is 7.63. The number of aromatic nitrogens is 2. The molecule has 1 amide bonds. The zero-order chi connectivity index (χ0) is 20.1. The maximum Gasteiger partial charge on any atom is 0.224 e. The summed E-state index contributed by atoms with van der Waals surface area (Å²) in [5, 5.41) is 8.37. The number of hydrogen-bond acceptors (Lipinski definition) is 3. The molecule has 0 saturated carbocycles. The lowest BCUT2D eigenvalue weighted by molar-refractivity contribution is -0.116. The summed E-state index contributed by atoms with van der Waals surface area (Å²) < 4.78 is 1.88. The Hall–Kier alpha value is -2.24. The van der Waals surface area contributed by atoms with Gasteiger partial charge in [-0.05, 0) is 69.3 Å². The van der Waals surface area contributed by atoms with Gasteiger partial charge >= 0.3 is 0 Å². The molecule has 3 aromatic rings. The number of thioether (sulfide) groups is 1. The summed E-state index contributed by atoms with van der Waals surface area (Å²) in [5.74, 6) is 0.904. The van der Waals surface area contributed by atoms with Crippen LogP contribution in [0.2, 0.25) is 5.02 Å². The van der Waals surface area contributed by atoms with Crippen LogP contribution in [0.5, 0.6) is 0 Å². The third-order valence-electron chi connectivity index (χ3n) is 4.46. The third-order valence-corrected chi connectivity index (χ3v) is 5.82. The molecule has 1 N–H and O–H groups in total. The molecule has 1 heterocycles. The number of rotatable bonds is 7. The van der Waals surface area contributed by atoms with Gasteiger partial charge in [0, 0.05) is 16.3 Å². The topological polar surface area (TPSA) is 46.9 Å². The molecule has 6 heteroatoms. The Bertz CT molecular complexity index is 949. The van der Waals surface area contributed by atoms with Crippen molar-refractivity contribution in [2.45, 2.75) is 38.5 Å². The number of halogens is 1. The Balaban J connectivity index is 1.55. The largest absolute Gasteiger partial charge is 0.323 e. The molecule has 4 nitrogen and oxygen atoms in total. The molecule has 1 aromatic heterocycles. The first kappa shape index (κ1) is 20.5. The maximum absolute atomic E-state index is 12.4. The van der Waals surface area contributed by atoms with E-state index in [-0.39, 0.29) is 5.91 Å². The molecule has 0 radical (unpaired) electrons. The van der Waals surface area contributed by atoms with E-state index in [1.165, 1.54) is 5.56 Å². The molecule has 3 rings (SSSR count). The lowest BCUT2D eigenvalue weighted by Crippen LogP contribution is -2.13. The molecule has 0 fully saturated rings. The molecule has 0 saturated heterocycles. The minimum absolute atomic E-state index is 0.0198. The van der Waals surface area contributed by atoms with Crippen molar-refractivity contribution >= 4 is 35.0 Å². The first-order chi connectivity index (χ1) is 13.4. The second-order valence-corrected chi connectivity index (χ2v) is 8.35. The van der Waals surface area contributed by atoms with E-state index in [4.69, 9.17) is 11.6 Å². The summed E-state index contributed by atoms with van der Waals surface area (Å²) in [4.78, 5) is 13.6. The molecule has 28 heavy (non-hydrogen) atoms. The predicted octanol–water partition coefficient (Wildman–Crippen LogP) is 5.96. The molecule has 0 spiro atoms. The van der Waals surface area contributed by atoms with Gasteiger partial charge in [0.05, 0.1) is 22.8 Å². The van der Waals surface area contributed by atoms with E-state index < -0.39 is 0 Å². The molecule has 146 valence electrons. The second-order valence-electron chi connectivity index (χ2n) is 6.75. The molecule has 0 atom stereocenters. The van der Waals surface area contributed by atoms with E-state index in [2.05, 4.69) is 29.5 Å². The molecule has 0 aliphatic heterocycles. The van der Waals surface area contributed by atoms with Crippen molar-refractivity contribution in [3.05, 3.63) is 70.5 Å². The Morgan fingerprint density at radius 2 is 1.75 bits per heavy atom. The number of nitrogens with zero attached hydrogens (tertiary/aromatic N) is 2. The fraction of sp³-hybridized carbons (Fsp3) is 0.273. The minimum atomic E-state index is 0.0198. The maximum atomic E-state index is 12.4. The lowest BCUT2D eigenvalue weighted by Gasteiger charge is -2.08. The Morgan fingerprint density at radius 1 is 1.07 bits per heavy atom. The standard InChI is InChI=1S/C22H24ClN3OS/c1-15-6-10-19(11-7-15)26-17(3)22(16(2)25-26)24-21(27)5-4-14-28-20-12-8-18(23)9-13-20/h6-13H,4-5,14H2,1-3H3,(H,24,27). The lowest BCUT2D eigenvalue weighted by atomic mass is 10.2. The molecule has 0 aliphatic carbocycles. The molecular weight excluding hydrogens is 390 g/mol. The number of carbonyl (C=O) groups is 1. The van der Waals surface area contributed by atoms with Gasteiger partial charge < -0.3 is 5.32 Å². The zero-order valence-corrected chi connectivity index (χ0v) is 17.9. The van der Waals surface area contributed by atoms with E-state index in [9.17, 15) is 4.79 Å². The van der Waals surface area contributed by atoms with Crippen LogP contribution in [0.4, 0.5) is 5.69 Å². The smallest absolute Gasteiger partial charge is 0.224 e. The number of hydrogen-bond donors (Lipinski definition) is 1.